The molecule has 4 heterocycles. The SMILES string of the molecule is CCCc1cc(O)c2[nH]c(C(=O)O)cc(=O)c2c1.O=C(O)c1cc(=O)c2cc(-c3ccc(Cl)c(Cl)c3)cc(O)c2[nH]1.O=C(O)c1cc(=O)c2cc(-c3cccnc3)cc(O)c2[nH]1. The summed E-state index contributed by atoms with van der Waals surface area (Å²) in [6.45, 7) is 2.00. The Bertz CT molecular complexity index is 3270. The number of aromatic amines is 3. The van der Waals surface area contributed by atoms with Crippen molar-refractivity contribution in [3.63, 3.8) is 0 Å². The molecule has 18 heteroatoms. The van der Waals surface area contributed by atoms with Gasteiger partial charge in [0, 0.05) is 52.3 Å². The molecule has 0 bridgehead atoms. The Balaban J connectivity index is 0.000000156. The molecule has 0 radical (unpaired) electrons. The largest absolute Gasteiger partial charge is 0.506 e. The molecule has 8 rings (SSSR count). The molecule has 0 spiro atoms. The van der Waals surface area contributed by atoms with Gasteiger partial charge in [0.15, 0.2) is 16.3 Å². The Hall–Kier alpha value is -7.95. The molecule has 4 aromatic carbocycles. The first-order chi connectivity index (χ1) is 29.4. The van der Waals surface area contributed by atoms with Gasteiger partial charge in [-0.2, -0.15) is 0 Å². The van der Waals surface area contributed by atoms with Crippen LogP contribution < -0.4 is 16.3 Å². The Labute approximate surface area is 357 Å². The standard InChI is InChI=1S/C16H9Cl2NO4.C15H10N2O4.C13H13NO4/c17-10-2-1-7(4-11(10)18)8-3-9-13(20)6-12(16(22)23)19-15(9)14(21)5-8;18-12-6-11(15(20)21)17-14-10(12)4-9(5-13(14)19)8-2-1-3-16-7-8;1-2-3-7-4-8-10(15)6-9(13(17)18)14-12(8)11(16)5-7/h1-6,21H,(H,19,20)(H,22,23);1-7,19H,(H,17,18)(H,20,21);4-6,16H,2-3H2,1H3,(H,14,15)(H,17,18). The van der Waals surface area contributed by atoms with Crippen LogP contribution in [0.2, 0.25) is 10.0 Å². The van der Waals surface area contributed by atoms with Crippen LogP contribution in [0, 0.1) is 0 Å². The van der Waals surface area contributed by atoms with Gasteiger partial charge in [-0.3, -0.25) is 19.4 Å². The molecule has 0 unspecified atom stereocenters. The van der Waals surface area contributed by atoms with Crippen LogP contribution in [0.15, 0.2) is 112 Å². The third kappa shape index (κ3) is 9.41. The summed E-state index contributed by atoms with van der Waals surface area (Å²) in [6.07, 6.45) is 4.89. The van der Waals surface area contributed by atoms with E-state index in [1.165, 1.54) is 12.1 Å². The number of carbonyl (C=O) groups is 3. The lowest BCUT2D eigenvalue weighted by Gasteiger charge is -2.08. The van der Waals surface area contributed by atoms with E-state index in [1.807, 2.05) is 6.92 Å². The summed E-state index contributed by atoms with van der Waals surface area (Å²) >= 11 is 11.9. The molecule has 0 aliphatic rings. The minimum Gasteiger partial charge on any atom is -0.506 e. The fraction of sp³-hybridized carbons (Fsp3) is 0.0682. The highest BCUT2D eigenvalue weighted by atomic mass is 35.5. The highest BCUT2D eigenvalue weighted by Gasteiger charge is 2.16. The van der Waals surface area contributed by atoms with Crippen LogP contribution in [0.1, 0.15) is 50.4 Å². The minimum absolute atomic E-state index is 0.0683. The van der Waals surface area contributed by atoms with Gasteiger partial charge in [-0.25, -0.2) is 14.4 Å². The maximum absolute atomic E-state index is 12.1. The maximum atomic E-state index is 12.1. The summed E-state index contributed by atoms with van der Waals surface area (Å²) < 4.78 is 0. The molecule has 0 aliphatic heterocycles. The molecule has 0 fully saturated rings. The quantitative estimate of drug-likeness (QED) is 0.0740. The zero-order valence-corrected chi connectivity index (χ0v) is 33.5. The van der Waals surface area contributed by atoms with Gasteiger partial charge >= 0.3 is 17.9 Å². The number of aryl methyl sites for hydroxylation is 1. The van der Waals surface area contributed by atoms with Gasteiger partial charge < -0.3 is 45.6 Å². The van der Waals surface area contributed by atoms with E-state index in [0.29, 0.717) is 32.1 Å². The Morgan fingerprint density at radius 2 is 1.00 bits per heavy atom. The molecule has 0 aliphatic carbocycles. The van der Waals surface area contributed by atoms with Crippen molar-refractivity contribution in [1.29, 1.82) is 0 Å². The zero-order valence-electron chi connectivity index (χ0n) is 32.0. The van der Waals surface area contributed by atoms with E-state index < -0.39 is 34.2 Å². The molecule has 9 N–H and O–H groups in total. The number of hydrogen-bond acceptors (Lipinski definition) is 10. The normalized spacial score (nSPS) is 10.8. The fourth-order valence-electron chi connectivity index (χ4n) is 6.38. The van der Waals surface area contributed by atoms with E-state index in [1.54, 1.807) is 67.0 Å². The number of aromatic hydroxyl groups is 3. The fourth-order valence-corrected chi connectivity index (χ4v) is 6.67. The van der Waals surface area contributed by atoms with Crippen molar-refractivity contribution in [1.82, 2.24) is 19.9 Å². The maximum Gasteiger partial charge on any atom is 0.352 e. The zero-order chi connectivity index (χ0) is 45.0. The predicted molar refractivity (Wildman–Crippen MR) is 232 cm³/mol. The van der Waals surface area contributed by atoms with E-state index in [-0.39, 0.29) is 61.7 Å². The average Bonchev–Trinajstić information content (AvgIpc) is 3.23. The number of halogens is 2. The molecule has 4 aromatic heterocycles. The molecule has 314 valence electrons. The van der Waals surface area contributed by atoms with E-state index in [9.17, 15) is 44.1 Å². The van der Waals surface area contributed by atoms with Gasteiger partial charge in [0.1, 0.15) is 34.3 Å². The predicted octanol–water partition coefficient (Wildman–Crippen LogP) is 7.78. The van der Waals surface area contributed by atoms with E-state index in [4.69, 9.17) is 38.5 Å². The summed E-state index contributed by atoms with van der Waals surface area (Å²) in [6, 6.07) is 20.7. The number of phenolic OH excluding ortho intramolecular Hbond substituents is 3. The highest BCUT2D eigenvalue weighted by Crippen LogP contribution is 2.33. The molecule has 0 amide bonds. The van der Waals surface area contributed by atoms with Crippen LogP contribution >= 0.6 is 23.2 Å². The van der Waals surface area contributed by atoms with Gasteiger partial charge in [0.2, 0.25) is 0 Å². The van der Waals surface area contributed by atoms with Crippen molar-refractivity contribution >= 4 is 73.8 Å². The third-order valence-electron chi connectivity index (χ3n) is 9.29. The summed E-state index contributed by atoms with van der Waals surface area (Å²) in [7, 11) is 0. The van der Waals surface area contributed by atoms with Crippen LogP contribution in [0.5, 0.6) is 17.2 Å². The molecular weight excluding hydrogens is 847 g/mol. The number of nitrogens with zero attached hydrogens (tertiary/aromatic N) is 1. The molecule has 0 atom stereocenters. The molecule has 62 heavy (non-hydrogen) atoms. The molecule has 16 nitrogen and oxygen atoms in total. The van der Waals surface area contributed by atoms with Crippen molar-refractivity contribution in [2.24, 2.45) is 0 Å². The number of rotatable bonds is 7. The Morgan fingerprint density at radius 1 is 0.548 bits per heavy atom. The van der Waals surface area contributed by atoms with Gasteiger partial charge in [-0.05, 0) is 83.3 Å². The van der Waals surface area contributed by atoms with Gasteiger partial charge in [-0.1, -0.05) is 48.7 Å². The lowest BCUT2D eigenvalue weighted by molar-refractivity contribution is 0.0680. The first-order valence-corrected chi connectivity index (χ1v) is 19.0. The van der Waals surface area contributed by atoms with Crippen molar-refractivity contribution in [3.05, 3.63) is 161 Å². The van der Waals surface area contributed by atoms with Gasteiger partial charge in [0.05, 0.1) is 26.6 Å². The number of benzene rings is 4. The van der Waals surface area contributed by atoms with E-state index >= 15 is 0 Å². The van der Waals surface area contributed by atoms with E-state index in [0.717, 1.165) is 42.2 Å². The number of nitrogens with one attached hydrogen (secondary N) is 3. The van der Waals surface area contributed by atoms with Crippen LogP contribution in [0.3, 0.4) is 0 Å². The number of fused-ring (bicyclic) bond motifs is 3. The van der Waals surface area contributed by atoms with Crippen molar-refractivity contribution in [2.75, 3.05) is 0 Å². The second kappa shape index (κ2) is 18.1. The number of carboxylic acids is 3. The van der Waals surface area contributed by atoms with Gasteiger partial charge in [0.25, 0.3) is 0 Å². The molecule has 8 aromatic rings. The minimum atomic E-state index is -1.28. The van der Waals surface area contributed by atoms with Crippen LogP contribution in [0.4, 0.5) is 0 Å². The lowest BCUT2D eigenvalue weighted by Crippen LogP contribution is -2.10. The smallest absolute Gasteiger partial charge is 0.352 e. The monoisotopic (exact) mass is 878 g/mol. The number of H-pyrrole nitrogens is 3. The Kier molecular flexibility index (Phi) is 12.8. The topological polar surface area (TPSA) is 284 Å². The van der Waals surface area contributed by atoms with Crippen LogP contribution in [-0.4, -0.2) is 68.5 Å². The van der Waals surface area contributed by atoms with Gasteiger partial charge in [-0.15, -0.1) is 0 Å². The Morgan fingerprint density at radius 3 is 1.42 bits per heavy atom. The first kappa shape index (κ1) is 43.6. The molecule has 0 saturated heterocycles. The van der Waals surface area contributed by atoms with Crippen LogP contribution in [0.25, 0.3) is 55.0 Å². The van der Waals surface area contributed by atoms with Crippen molar-refractivity contribution in [3.8, 4) is 39.5 Å². The molecule has 0 saturated carbocycles. The molecular formula is C44H32Cl2N4O12. The second-order valence-electron chi connectivity index (χ2n) is 13.6. The lowest BCUT2D eigenvalue weighted by atomic mass is 10.0. The summed E-state index contributed by atoms with van der Waals surface area (Å²) in [5.74, 6) is -4.29. The highest BCUT2D eigenvalue weighted by molar-refractivity contribution is 6.42. The number of hydrogen-bond donors (Lipinski definition) is 9. The van der Waals surface area contributed by atoms with Crippen molar-refractivity contribution in [2.45, 2.75) is 19.8 Å². The number of aromatic nitrogens is 4. The summed E-state index contributed by atoms with van der Waals surface area (Å²) in [5, 5.41) is 58.2. The number of phenols is 3. The third-order valence-corrected chi connectivity index (χ3v) is 10.0. The van der Waals surface area contributed by atoms with Crippen LogP contribution in [-0.2, 0) is 6.42 Å². The number of carboxylic acid groups (broad SMARTS) is 3. The van der Waals surface area contributed by atoms with E-state index in [2.05, 4.69) is 19.9 Å². The first-order valence-electron chi connectivity index (χ1n) is 18.2. The van der Waals surface area contributed by atoms with Crippen molar-refractivity contribution < 1.29 is 45.0 Å². The second-order valence-corrected chi connectivity index (χ2v) is 14.4. The number of pyridine rings is 4. The summed E-state index contributed by atoms with van der Waals surface area (Å²) in [5.41, 5.74) is 1.62. The average molecular weight is 880 g/mol. The summed E-state index contributed by atoms with van der Waals surface area (Å²) in [4.78, 5) is 80.3. The number of aromatic carboxylic acids is 3.